The molecule has 0 saturated heterocycles. The van der Waals surface area contributed by atoms with Gasteiger partial charge in [-0.15, -0.1) is 0 Å². The van der Waals surface area contributed by atoms with E-state index in [0.717, 1.165) is 10.0 Å². The maximum atomic E-state index is 12.1. The number of nitrogens with one attached hydrogen (secondary N) is 1. The van der Waals surface area contributed by atoms with Gasteiger partial charge in [-0.05, 0) is 58.7 Å². The third kappa shape index (κ3) is 3.30. The number of benzene rings is 2. The molecule has 0 saturated carbocycles. The smallest absolute Gasteiger partial charge is 0.251 e. The first kappa shape index (κ1) is 14.4. The number of anilines is 1. The number of nitrogen functional groups attached to an aromatic ring is 1. The van der Waals surface area contributed by atoms with Gasteiger partial charge in [0.05, 0.1) is 6.04 Å². The minimum Gasteiger partial charge on any atom is -0.508 e. The summed E-state index contributed by atoms with van der Waals surface area (Å²) in [5, 5.41) is 12.3. The highest BCUT2D eigenvalue weighted by Gasteiger charge is 2.12. The zero-order valence-corrected chi connectivity index (χ0v) is 12.5. The number of halogens is 1. The number of aromatic hydroxyl groups is 1. The second-order valence-corrected chi connectivity index (χ2v) is 5.38. The van der Waals surface area contributed by atoms with Crippen molar-refractivity contribution in [2.75, 3.05) is 5.73 Å². The van der Waals surface area contributed by atoms with Crippen LogP contribution < -0.4 is 11.1 Å². The normalized spacial score (nSPS) is 11.9. The molecular weight excluding hydrogens is 320 g/mol. The van der Waals surface area contributed by atoms with E-state index in [4.69, 9.17) is 5.73 Å². The first-order chi connectivity index (χ1) is 9.47. The number of hydrogen-bond donors (Lipinski definition) is 3. The van der Waals surface area contributed by atoms with Crippen LogP contribution in [0.5, 0.6) is 5.75 Å². The van der Waals surface area contributed by atoms with Crippen molar-refractivity contribution in [3.05, 3.63) is 58.1 Å². The molecule has 0 radical (unpaired) electrons. The molecule has 4 nitrogen and oxygen atoms in total. The Morgan fingerprint density at radius 3 is 2.70 bits per heavy atom. The van der Waals surface area contributed by atoms with Gasteiger partial charge in [-0.2, -0.15) is 0 Å². The largest absolute Gasteiger partial charge is 0.508 e. The van der Waals surface area contributed by atoms with E-state index in [-0.39, 0.29) is 17.7 Å². The van der Waals surface area contributed by atoms with Crippen LogP contribution in [-0.2, 0) is 0 Å². The molecule has 4 N–H and O–H groups in total. The SMILES string of the molecule is CC(NC(=O)c1ccc(Br)c(N)c1)c1cccc(O)c1. The molecule has 1 atom stereocenters. The van der Waals surface area contributed by atoms with E-state index < -0.39 is 0 Å². The fourth-order valence-electron chi connectivity index (χ4n) is 1.84. The molecule has 0 aliphatic heterocycles. The summed E-state index contributed by atoms with van der Waals surface area (Å²) >= 11 is 3.29. The monoisotopic (exact) mass is 334 g/mol. The van der Waals surface area contributed by atoms with Gasteiger partial charge in [-0.3, -0.25) is 4.79 Å². The predicted octanol–water partition coefficient (Wildman–Crippen LogP) is 3.23. The van der Waals surface area contributed by atoms with Gasteiger partial charge in [-0.25, -0.2) is 0 Å². The van der Waals surface area contributed by atoms with E-state index in [9.17, 15) is 9.90 Å². The van der Waals surface area contributed by atoms with Crippen LogP contribution in [-0.4, -0.2) is 11.0 Å². The molecule has 0 aromatic heterocycles. The number of carbonyl (C=O) groups is 1. The lowest BCUT2D eigenvalue weighted by atomic mass is 10.1. The topological polar surface area (TPSA) is 75.4 Å². The lowest BCUT2D eigenvalue weighted by molar-refractivity contribution is 0.0940. The molecule has 2 aromatic rings. The Kier molecular flexibility index (Phi) is 4.29. The Hall–Kier alpha value is -2.01. The first-order valence-electron chi connectivity index (χ1n) is 6.12. The highest BCUT2D eigenvalue weighted by atomic mass is 79.9. The molecule has 0 bridgehead atoms. The van der Waals surface area contributed by atoms with Crippen LogP contribution in [0.2, 0.25) is 0 Å². The molecule has 104 valence electrons. The quantitative estimate of drug-likeness (QED) is 0.754. The Morgan fingerprint density at radius 1 is 1.30 bits per heavy atom. The van der Waals surface area contributed by atoms with E-state index in [2.05, 4.69) is 21.2 Å². The van der Waals surface area contributed by atoms with Crippen molar-refractivity contribution >= 4 is 27.5 Å². The third-order valence-electron chi connectivity index (χ3n) is 2.98. The fraction of sp³-hybridized carbons (Fsp3) is 0.133. The van der Waals surface area contributed by atoms with Crippen LogP contribution in [0, 0.1) is 0 Å². The van der Waals surface area contributed by atoms with Gasteiger partial charge >= 0.3 is 0 Å². The number of nitrogens with two attached hydrogens (primary N) is 1. The number of phenols is 1. The van der Waals surface area contributed by atoms with Gasteiger partial charge < -0.3 is 16.2 Å². The van der Waals surface area contributed by atoms with Crippen molar-refractivity contribution in [3.8, 4) is 5.75 Å². The molecule has 0 aliphatic rings. The third-order valence-corrected chi connectivity index (χ3v) is 3.70. The van der Waals surface area contributed by atoms with Crippen molar-refractivity contribution in [2.24, 2.45) is 0 Å². The van der Waals surface area contributed by atoms with E-state index >= 15 is 0 Å². The summed E-state index contributed by atoms with van der Waals surface area (Å²) in [6.45, 7) is 1.86. The maximum absolute atomic E-state index is 12.1. The number of carbonyl (C=O) groups excluding carboxylic acids is 1. The molecule has 1 amide bonds. The van der Waals surface area contributed by atoms with E-state index in [1.54, 1.807) is 36.4 Å². The molecule has 0 spiro atoms. The van der Waals surface area contributed by atoms with Crippen molar-refractivity contribution in [2.45, 2.75) is 13.0 Å². The molecule has 1 unspecified atom stereocenters. The molecule has 0 heterocycles. The minimum absolute atomic E-state index is 0.177. The summed E-state index contributed by atoms with van der Waals surface area (Å²) < 4.78 is 0.759. The van der Waals surface area contributed by atoms with Crippen LogP contribution >= 0.6 is 15.9 Å². The summed E-state index contributed by atoms with van der Waals surface area (Å²) in [6.07, 6.45) is 0. The lowest BCUT2D eigenvalue weighted by Crippen LogP contribution is -2.26. The van der Waals surface area contributed by atoms with Crippen molar-refractivity contribution in [1.29, 1.82) is 0 Å². The zero-order chi connectivity index (χ0) is 14.7. The molecule has 0 aliphatic carbocycles. The van der Waals surface area contributed by atoms with Gasteiger partial charge in [0.1, 0.15) is 5.75 Å². The van der Waals surface area contributed by atoms with Crippen LogP contribution in [0.25, 0.3) is 0 Å². The highest BCUT2D eigenvalue weighted by molar-refractivity contribution is 9.10. The number of rotatable bonds is 3. The second kappa shape index (κ2) is 5.96. The standard InChI is InChI=1S/C15H15BrN2O2/c1-9(10-3-2-4-12(19)7-10)18-15(20)11-5-6-13(16)14(17)8-11/h2-9,19H,17H2,1H3,(H,18,20). The maximum Gasteiger partial charge on any atom is 0.251 e. The summed E-state index contributed by atoms with van der Waals surface area (Å²) in [5.41, 5.74) is 7.61. The van der Waals surface area contributed by atoms with E-state index in [1.807, 2.05) is 13.0 Å². The summed E-state index contributed by atoms with van der Waals surface area (Å²) in [7, 11) is 0. The summed E-state index contributed by atoms with van der Waals surface area (Å²) in [4.78, 5) is 12.1. The Morgan fingerprint density at radius 2 is 2.05 bits per heavy atom. The van der Waals surface area contributed by atoms with Gasteiger partial charge in [0, 0.05) is 15.7 Å². The number of phenolic OH excluding ortho intramolecular Hbond substituents is 1. The Balaban J connectivity index is 2.13. The minimum atomic E-state index is -0.209. The van der Waals surface area contributed by atoms with Gasteiger partial charge in [-0.1, -0.05) is 12.1 Å². The zero-order valence-electron chi connectivity index (χ0n) is 10.9. The van der Waals surface area contributed by atoms with Crippen LogP contribution in [0.3, 0.4) is 0 Å². The van der Waals surface area contributed by atoms with Crippen LogP contribution in [0.1, 0.15) is 28.9 Å². The van der Waals surface area contributed by atoms with Gasteiger partial charge in [0.15, 0.2) is 0 Å². The molecule has 2 rings (SSSR count). The van der Waals surface area contributed by atoms with Crippen molar-refractivity contribution < 1.29 is 9.90 Å². The molecular formula is C15H15BrN2O2. The Labute approximate surface area is 125 Å². The van der Waals surface area contributed by atoms with Gasteiger partial charge in [0.25, 0.3) is 5.91 Å². The van der Waals surface area contributed by atoms with Crippen molar-refractivity contribution in [3.63, 3.8) is 0 Å². The van der Waals surface area contributed by atoms with Crippen molar-refractivity contribution in [1.82, 2.24) is 5.32 Å². The second-order valence-electron chi connectivity index (χ2n) is 4.53. The lowest BCUT2D eigenvalue weighted by Gasteiger charge is -2.15. The average Bonchev–Trinajstić information content (AvgIpc) is 2.41. The Bertz CT molecular complexity index is 644. The average molecular weight is 335 g/mol. The fourth-order valence-corrected chi connectivity index (χ4v) is 2.09. The highest BCUT2D eigenvalue weighted by Crippen LogP contribution is 2.21. The van der Waals surface area contributed by atoms with Crippen LogP contribution in [0.15, 0.2) is 46.9 Å². The van der Waals surface area contributed by atoms with E-state index in [0.29, 0.717) is 11.3 Å². The molecule has 20 heavy (non-hydrogen) atoms. The summed E-state index contributed by atoms with van der Waals surface area (Å²) in [6, 6.07) is 11.7. The predicted molar refractivity (Wildman–Crippen MR) is 82.5 cm³/mol. The number of hydrogen-bond acceptors (Lipinski definition) is 3. The summed E-state index contributed by atoms with van der Waals surface area (Å²) in [5.74, 6) is -0.0310. The van der Waals surface area contributed by atoms with Crippen LogP contribution in [0.4, 0.5) is 5.69 Å². The molecule has 0 fully saturated rings. The first-order valence-corrected chi connectivity index (χ1v) is 6.91. The molecule has 5 heteroatoms. The number of amides is 1. The van der Waals surface area contributed by atoms with E-state index in [1.165, 1.54) is 0 Å². The van der Waals surface area contributed by atoms with Gasteiger partial charge in [0.2, 0.25) is 0 Å². The molecule has 2 aromatic carbocycles.